The van der Waals surface area contributed by atoms with Crippen molar-refractivity contribution in [3.8, 4) is 0 Å². The highest BCUT2D eigenvalue weighted by molar-refractivity contribution is 14.1. The van der Waals surface area contributed by atoms with Crippen molar-refractivity contribution in [2.45, 2.75) is 12.8 Å². The molecule has 106 valence electrons. The van der Waals surface area contributed by atoms with E-state index in [0.717, 1.165) is 24.1 Å². The average Bonchev–Trinajstić information content (AvgIpc) is 2.56. The third kappa shape index (κ3) is 3.12. The van der Waals surface area contributed by atoms with Gasteiger partial charge in [-0.25, -0.2) is 9.99 Å². The molecular formula is C16H14IN3O. The Morgan fingerprint density at radius 2 is 1.95 bits per heavy atom. The van der Waals surface area contributed by atoms with E-state index in [-0.39, 0.29) is 5.91 Å². The number of hydrogen-bond acceptors (Lipinski definition) is 3. The first-order chi connectivity index (χ1) is 10.3. The molecule has 0 N–H and O–H groups in total. The zero-order chi connectivity index (χ0) is 14.7. The number of aromatic nitrogens is 1. The summed E-state index contributed by atoms with van der Waals surface area (Å²) in [4.78, 5) is 16.7. The van der Waals surface area contributed by atoms with Gasteiger partial charge in [-0.1, -0.05) is 30.3 Å². The predicted molar refractivity (Wildman–Crippen MR) is 90.2 cm³/mol. The summed E-state index contributed by atoms with van der Waals surface area (Å²) in [5.41, 5.74) is 2.65. The predicted octanol–water partition coefficient (Wildman–Crippen LogP) is 3.33. The average molecular weight is 391 g/mol. The Morgan fingerprint density at radius 1 is 1.14 bits per heavy atom. The number of amides is 1. The fourth-order valence-electron chi connectivity index (χ4n) is 2.31. The van der Waals surface area contributed by atoms with Crippen LogP contribution in [0.1, 0.15) is 28.8 Å². The molecule has 0 spiro atoms. The van der Waals surface area contributed by atoms with Crippen molar-refractivity contribution in [2.75, 3.05) is 6.54 Å². The molecule has 1 aliphatic rings. The van der Waals surface area contributed by atoms with Gasteiger partial charge in [0.1, 0.15) is 3.70 Å². The number of halogens is 1. The first kappa shape index (κ1) is 14.2. The van der Waals surface area contributed by atoms with Gasteiger partial charge >= 0.3 is 0 Å². The number of pyridine rings is 1. The second kappa shape index (κ2) is 6.34. The SMILES string of the molecule is O=C(c1cccnc1I)N1CCCC(c2ccccc2)=N1. The molecule has 0 unspecified atom stereocenters. The van der Waals surface area contributed by atoms with Crippen molar-refractivity contribution in [3.63, 3.8) is 0 Å². The van der Waals surface area contributed by atoms with Gasteiger partial charge < -0.3 is 0 Å². The van der Waals surface area contributed by atoms with Gasteiger partial charge in [-0.3, -0.25) is 4.79 Å². The first-order valence-corrected chi connectivity index (χ1v) is 7.89. The molecule has 1 aliphatic heterocycles. The summed E-state index contributed by atoms with van der Waals surface area (Å²) in [5.74, 6) is -0.0827. The van der Waals surface area contributed by atoms with E-state index in [9.17, 15) is 4.79 Å². The minimum atomic E-state index is -0.0827. The normalized spacial score (nSPS) is 14.7. The molecule has 1 aromatic heterocycles. The van der Waals surface area contributed by atoms with Crippen LogP contribution in [0.3, 0.4) is 0 Å². The van der Waals surface area contributed by atoms with E-state index in [4.69, 9.17) is 0 Å². The molecule has 0 fully saturated rings. The Balaban J connectivity index is 1.89. The molecule has 2 aromatic rings. The number of hydrogen-bond donors (Lipinski definition) is 0. The molecule has 0 aliphatic carbocycles. The van der Waals surface area contributed by atoms with Gasteiger partial charge in [-0.15, -0.1) is 0 Å². The van der Waals surface area contributed by atoms with Crippen LogP contribution in [0.2, 0.25) is 0 Å². The molecule has 0 atom stereocenters. The van der Waals surface area contributed by atoms with Crippen LogP contribution in [-0.2, 0) is 0 Å². The van der Waals surface area contributed by atoms with Crippen LogP contribution in [0, 0.1) is 3.70 Å². The van der Waals surface area contributed by atoms with E-state index in [2.05, 4.69) is 32.7 Å². The van der Waals surface area contributed by atoms with Gasteiger partial charge in [0, 0.05) is 12.7 Å². The molecule has 0 bridgehead atoms. The van der Waals surface area contributed by atoms with E-state index in [1.54, 1.807) is 23.3 Å². The van der Waals surface area contributed by atoms with E-state index < -0.39 is 0 Å². The molecule has 1 amide bonds. The number of benzene rings is 1. The maximum atomic E-state index is 12.6. The number of hydrazone groups is 1. The molecule has 0 saturated heterocycles. The van der Waals surface area contributed by atoms with Crippen molar-refractivity contribution in [3.05, 3.63) is 63.5 Å². The first-order valence-electron chi connectivity index (χ1n) is 6.81. The largest absolute Gasteiger partial charge is 0.276 e. The second-order valence-corrected chi connectivity index (χ2v) is 5.81. The summed E-state index contributed by atoms with van der Waals surface area (Å²) in [6, 6.07) is 13.6. The highest BCUT2D eigenvalue weighted by Crippen LogP contribution is 2.18. The Morgan fingerprint density at radius 3 is 2.71 bits per heavy atom. The van der Waals surface area contributed by atoms with Crippen molar-refractivity contribution in [1.29, 1.82) is 0 Å². The van der Waals surface area contributed by atoms with Crippen molar-refractivity contribution >= 4 is 34.2 Å². The van der Waals surface area contributed by atoms with Gasteiger partial charge in [-0.05, 0) is 53.1 Å². The maximum Gasteiger partial charge on any atom is 0.276 e. The fourth-order valence-corrected chi connectivity index (χ4v) is 2.88. The lowest BCUT2D eigenvalue weighted by Crippen LogP contribution is -2.32. The standard InChI is InChI=1S/C16H14IN3O/c17-15-13(8-4-10-18-15)16(21)20-11-5-9-14(19-20)12-6-2-1-3-7-12/h1-4,6-8,10H,5,9,11H2. The lowest BCUT2D eigenvalue weighted by molar-refractivity contribution is 0.0750. The summed E-state index contributed by atoms with van der Waals surface area (Å²) in [7, 11) is 0. The molecule has 2 heterocycles. The molecule has 0 saturated carbocycles. The van der Waals surface area contributed by atoms with E-state index in [1.165, 1.54) is 0 Å². The maximum absolute atomic E-state index is 12.6. The topological polar surface area (TPSA) is 45.6 Å². The number of nitrogens with zero attached hydrogens (tertiary/aromatic N) is 3. The van der Waals surface area contributed by atoms with Gasteiger partial charge in [0.25, 0.3) is 5.91 Å². The van der Waals surface area contributed by atoms with Gasteiger partial charge in [0.05, 0.1) is 11.3 Å². The Kier molecular flexibility index (Phi) is 4.28. The van der Waals surface area contributed by atoms with Gasteiger partial charge in [0.15, 0.2) is 0 Å². The molecule has 1 aromatic carbocycles. The van der Waals surface area contributed by atoms with Crippen LogP contribution >= 0.6 is 22.6 Å². The monoisotopic (exact) mass is 391 g/mol. The zero-order valence-electron chi connectivity index (χ0n) is 11.4. The summed E-state index contributed by atoms with van der Waals surface area (Å²) >= 11 is 2.08. The summed E-state index contributed by atoms with van der Waals surface area (Å²) in [5, 5.41) is 6.10. The Bertz CT molecular complexity index is 685. The minimum absolute atomic E-state index is 0.0827. The van der Waals surface area contributed by atoms with Crippen LogP contribution in [-0.4, -0.2) is 28.2 Å². The summed E-state index contributed by atoms with van der Waals surface area (Å²) < 4.78 is 0.710. The van der Waals surface area contributed by atoms with Crippen molar-refractivity contribution in [1.82, 2.24) is 9.99 Å². The molecule has 0 radical (unpaired) electrons. The number of rotatable bonds is 2. The zero-order valence-corrected chi connectivity index (χ0v) is 13.5. The molecular weight excluding hydrogens is 377 g/mol. The number of carbonyl (C=O) groups is 1. The van der Waals surface area contributed by atoms with Crippen LogP contribution in [0.5, 0.6) is 0 Å². The van der Waals surface area contributed by atoms with Crippen molar-refractivity contribution in [2.24, 2.45) is 5.10 Å². The summed E-state index contributed by atoms with van der Waals surface area (Å²) in [6.07, 6.45) is 3.52. The lowest BCUT2D eigenvalue weighted by atomic mass is 10.0. The van der Waals surface area contributed by atoms with Crippen LogP contribution in [0.4, 0.5) is 0 Å². The van der Waals surface area contributed by atoms with E-state index in [1.807, 2.05) is 30.3 Å². The molecule has 4 nitrogen and oxygen atoms in total. The fraction of sp³-hybridized carbons (Fsp3) is 0.188. The quantitative estimate of drug-likeness (QED) is 0.583. The molecule has 3 rings (SSSR count). The smallest absolute Gasteiger partial charge is 0.267 e. The van der Waals surface area contributed by atoms with Crippen molar-refractivity contribution < 1.29 is 4.79 Å². The van der Waals surface area contributed by atoms with Gasteiger partial charge in [0.2, 0.25) is 0 Å². The van der Waals surface area contributed by atoms with Gasteiger partial charge in [-0.2, -0.15) is 5.10 Å². The minimum Gasteiger partial charge on any atom is -0.267 e. The number of carbonyl (C=O) groups excluding carboxylic acids is 1. The van der Waals surface area contributed by atoms with Crippen LogP contribution in [0.25, 0.3) is 0 Å². The molecule has 21 heavy (non-hydrogen) atoms. The molecule has 5 heteroatoms. The van der Waals surface area contributed by atoms with Crippen LogP contribution < -0.4 is 0 Å². The lowest BCUT2D eigenvalue weighted by Gasteiger charge is -2.24. The van der Waals surface area contributed by atoms with E-state index >= 15 is 0 Å². The third-order valence-corrected chi connectivity index (χ3v) is 4.22. The second-order valence-electron chi connectivity index (χ2n) is 4.79. The van der Waals surface area contributed by atoms with E-state index in [0.29, 0.717) is 15.8 Å². The highest BCUT2D eigenvalue weighted by atomic mass is 127. The highest BCUT2D eigenvalue weighted by Gasteiger charge is 2.22. The third-order valence-electron chi connectivity index (χ3n) is 3.36. The van der Waals surface area contributed by atoms with Crippen LogP contribution in [0.15, 0.2) is 53.8 Å². The Hall–Kier alpha value is -1.76. The Labute approximate surface area is 137 Å². The summed E-state index contributed by atoms with van der Waals surface area (Å²) in [6.45, 7) is 0.653.